The molecule has 0 amide bonds. The Balaban J connectivity index is 0. The first-order valence-electron chi connectivity index (χ1n) is 6.38. The lowest BCUT2D eigenvalue weighted by molar-refractivity contribution is -0.130. The number of hydrogen-bond donors (Lipinski definition) is 1. The Bertz CT molecular complexity index is 581. The van der Waals surface area contributed by atoms with E-state index in [-0.39, 0.29) is 24.7 Å². The highest BCUT2D eigenvalue weighted by atomic mass is 19.3. The molecule has 0 aromatic carbocycles. The van der Waals surface area contributed by atoms with Crippen molar-refractivity contribution in [2.75, 3.05) is 14.1 Å². The van der Waals surface area contributed by atoms with E-state index in [0.717, 1.165) is 0 Å². The van der Waals surface area contributed by atoms with Gasteiger partial charge < -0.3 is 18.7 Å². The zero-order valence-corrected chi connectivity index (χ0v) is 13.2. The van der Waals surface area contributed by atoms with Crippen molar-refractivity contribution in [2.45, 2.75) is 13.2 Å². The maximum absolute atomic E-state index is 10.1. The molecule has 2 heterocycles. The van der Waals surface area contributed by atoms with E-state index in [9.17, 15) is 27.6 Å². The largest absolute Gasteiger partial charge is 0.460 e. The average molecular weight is 366 g/mol. The Kier molecular flexibility index (Phi) is 17.0. The van der Waals surface area contributed by atoms with E-state index < -0.39 is 6.93 Å². The van der Waals surface area contributed by atoms with Gasteiger partial charge in [0.1, 0.15) is 24.7 Å². The fourth-order valence-corrected chi connectivity index (χ4v) is 1.19. The van der Waals surface area contributed by atoms with Crippen LogP contribution >= 0.6 is 0 Å². The molecule has 0 aliphatic carbocycles. The topological polar surface area (TPSA) is 107 Å². The summed E-state index contributed by atoms with van der Waals surface area (Å²) in [5, 5.41) is 8.44. The molecule has 0 spiro atoms. The molecule has 10 heteroatoms. The summed E-state index contributed by atoms with van der Waals surface area (Å²) in [7, 11) is 0.500. The number of carbonyl (C=O) groups is 3. The molecule has 0 bridgehead atoms. The van der Waals surface area contributed by atoms with Crippen LogP contribution in [0.25, 0.3) is 0 Å². The second kappa shape index (κ2) is 17.5. The minimum absolute atomic E-state index is 0.0668. The monoisotopic (exact) mass is 366 g/mol. The molecule has 2 aromatic heterocycles. The van der Waals surface area contributed by atoms with Gasteiger partial charge in [-0.1, -0.05) is 0 Å². The summed E-state index contributed by atoms with van der Waals surface area (Å²) in [4.78, 5) is 29.8. The van der Waals surface area contributed by atoms with Crippen LogP contribution in [-0.4, -0.2) is 38.3 Å². The van der Waals surface area contributed by atoms with Crippen molar-refractivity contribution in [1.82, 2.24) is 0 Å². The molecule has 0 unspecified atom stereocenters. The zero-order valence-electron chi connectivity index (χ0n) is 13.2. The summed E-state index contributed by atoms with van der Waals surface area (Å²) in [5.74, 6) is 1.35. The molecule has 0 aliphatic heterocycles. The third-order valence-electron chi connectivity index (χ3n) is 2.05. The van der Waals surface area contributed by atoms with Gasteiger partial charge in [-0.2, -0.15) is 0 Å². The Morgan fingerprint density at radius 1 is 0.960 bits per heavy atom. The van der Waals surface area contributed by atoms with Crippen LogP contribution in [0.15, 0.2) is 33.1 Å². The lowest BCUT2D eigenvalue weighted by atomic mass is 10.4. The number of aliphatic hydroxyl groups excluding tert-OH is 1. The number of alkyl halides is 3. The van der Waals surface area contributed by atoms with Crippen molar-refractivity contribution >= 4 is 19.0 Å². The van der Waals surface area contributed by atoms with Crippen molar-refractivity contribution < 1.29 is 46.2 Å². The first-order chi connectivity index (χ1) is 12.1. The van der Waals surface area contributed by atoms with Crippen LogP contribution in [0.1, 0.15) is 32.6 Å². The number of furan rings is 2. The normalized spacial score (nSPS) is 8.36. The lowest BCUT2D eigenvalue weighted by Crippen LogP contribution is -1.86. The van der Waals surface area contributed by atoms with Crippen molar-refractivity contribution in [2.24, 2.45) is 0 Å². The van der Waals surface area contributed by atoms with E-state index in [1.54, 1.807) is 12.1 Å². The van der Waals surface area contributed by atoms with E-state index in [1.807, 2.05) is 0 Å². The molecule has 0 atom stereocenters. The van der Waals surface area contributed by atoms with Gasteiger partial charge >= 0.3 is 0 Å². The highest BCUT2D eigenvalue weighted by Gasteiger charge is 1.99. The lowest BCUT2D eigenvalue weighted by Gasteiger charge is -1.90. The first kappa shape index (κ1) is 24.4. The fourth-order valence-electron chi connectivity index (χ4n) is 1.19. The predicted octanol–water partition coefficient (Wildman–Crippen LogP) is 2.82. The molecule has 0 aliphatic rings. The molecule has 0 radical (unpaired) electrons. The summed E-state index contributed by atoms with van der Waals surface area (Å²) in [6.45, 7) is -1.52. The summed E-state index contributed by atoms with van der Waals surface area (Å²) in [6.07, 6.45) is 1.18. The van der Waals surface area contributed by atoms with E-state index in [0.29, 0.717) is 37.7 Å². The Morgan fingerprint density at radius 3 is 1.72 bits per heavy atom. The molecule has 0 saturated heterocycles. The molecule has 7 nitrogen and oxygen atoms in total. The minimum atomic E-state index is -1.75. The maximum Gasteiger partial charge on any atom is 0.293 e. The molecular formula is C15H17F3O7. The van der Waals surface area contributed by atoms with Gasteiger partial charge in [0.2, 0.25) is 6.93 Å². The van der Waals surface area contributed by atoms with Crippen LogP contribution in [0.4, 0.5) is 13.2 Å². The van der Waals surface area contributed by atoms with Crippen molar-refractivity contribution in [3.8, 4) is 0 Å². The second-order valence-corrected chi connectivity index (χ2v) is 3.51. The Hall–Kier alpha value is -2.88. The van der Waals surface area contributed by atoms with Gasteiger partial charge in [0.25, 0.3) is 6.47 Å². The number of aldehydes is 2. The molecule has 140 valence electrons. The van der Waals surface area contributed by atoms with Crippen molar-refractivity contribution in [3.63, 3.8) is 0 Å². The van der Waals surface area contributed by atoms with Crippen LogP contribution in [0, 0.1) is 0 Å². The third-order valence-corrected chi connectivity index (χ3v) is 2.05. The highest BCUT2D eigenvalue weighted by molar-refractivity contribution is 5.70. The van der Waals surface area contributed by atoms with Gasteiger partial charge in [0.05, 0.1) is 7.18 Å². The average Bonchev–Trinajstić information content (AvgIpc) is 3.31. The standard InChI is InChI=1S/C7H6O4.C6H6O3.CH2F2.CH3F/c8-3-6-1-2-7(11-6)4-10-5-9;7-3-5-1-2-6(4-8)9-5;2-1-3;1-2/h1-3,5H,4H2;1-3,8H,4H2;1H2;1H3. The number of halogens is 3. The molecule has 1 N–H and O–H groups in total. The summed E-state index contributed by atoms with van der Waals surface area (Å²) >= 11 is 0. The fraction of sp³-hybridized carbons (Fsp3) is 0.267. The highest BCUT2D eigenvalue weighted by Crippen LogP contribution is 2.06. The smallest absolute Gasteiger partial charge is 0.293 e. The summed E-state index contributed by atoms with van der Waals surface area (Å²) in [6, 6.07) is 6.16. The van der Waals surface area contributed by atoms with Crippen molar-refractivity contribution in [3.05, 3.63) is 47.3 Å². The molecule has 0 saturated carbocycles. The first-order valence-corrected chi connectivity index (χ1v) is 6.38. The Labute approximate surface area is 141 Å². The number of rotatable bonds is 6. The van der Waals surface area contributed by atoms with Crippen LogP contribution in [0.3, 0.4) is 0 Å². The molecule has 0 fully saturated rings. The molecule has 2 aromatic rings. The van der Waals surface area contributed by atoms with Gasteiger partial charge in [-0.3, -0.25) is 18.8 Å². The van der Waals surface area contributed by atoms with E-state index in [1.165, 1.54) is 12.1 Å². The van der Waals surface area contributed by atoms with Crippen LogP contribution < -0.4 is 0 Å². The SMILES string of the molecule is CF.FCF.O=COCc1ccc(C=O)o1.O=Cc1ccc(CO)o1. The van der Waals surface area contributed by atoms with Crippen molar-refractivity contribution in [1.29, 1.82) is 0 Å². The van der Waals surface area contributed by atoms with E-state index in [2.05, 4.69) is 4.74 Å². The van der Waals surface area contributed by atoms with E-state index >= 15 is 0 Å². The van der Waals surface area contributed by atoms with Gasteiger partial charge in [-0.05, 0) is 24.3 Å². The van der Waals surface area contributed by atoms with Crippen LogP contribution in [0.2, 0.25) is 0 Å². The third kappa shape index (κ3) is 12.2. The van der Waals surface area contributed by atoms with Gasteiger partial charge in [-0.25, -0.2) is 8.78 Å². The van der Waals surface area contributed by atoms with Gasteiger partial charge in [0.15, 0.2) is 24.1 Å². The predicted molar refractivity (Wildman–Crippen MR) is 79.1 cm³/mol. The molecule has 25 heavy (non-hydrogen) atoms. The summed E-state index contributed by atoms with van der Waals surface area (Å²) < 4.78 is 42.8. The minimum Gasteiger partial charge on any atom is -0.460 e. The number of ether oxygens (including phenoxy) is 1. The summed E-state index contributed by atoms with van der Waals surface area (Å²) in [5.41, 5.74) is 0. The van der Waals surface area contributed by atoms with Crippen LogP contribution in [0.5, 0.6) is 0 Å². The number of hydrogen-bond acceptors (Lipinski definition) is 7. The zero-order chi connectivity index (χ0) is 19.5. The quantitative estimate of drug-likeness (QED) is 0.783. The Morgan fingerprint density at radius 2 is 1.40 bits per heavy atom. The number of carbonyl (C=O) groups excluding carboxylic acids is 3. The van der Waals surface area contributed by atoms with Gasteiger partial charge in [0, 0.05) is 0 Å². The van der Waals surface area contributed by atoms with Crippen LogP contribution in [-0.2, 0) is 22.7 Å². The molecule has 2 rings (SSSR count). The maximum atomic E-state index is 10.1. The molecular weight excluding hydrogens is 349 g/mol. The van der Waals surface area contributed by atoms with E-state index in [4.69, 9.17) is 13.9 Å². The number of aliphatic hydroxyl groups is 1. The second-order valence-electron chi connectivity index (χ2n) is 3.51. The van der Waals surface area contributed by atoms with Gasteiger partial charge in [-0.15, -0.1) is 0 Å².